The van der Waals surface area contributed by atoms with Crippen molar-refractivity contribution in [3.8, 4) is 0 Å². The molecule has 0 saturated heterocycles. The van der Waals surface area contributed by atoms with E-state index in [4.69, 9.17) is 0 Å². The van der Waals surface area contributed by atoms with Gasteiger partial charge in [0.05, 0.1) is 12.2 Å². The Morgan fingerprint density at radius 3 is 2.79 bits per heavy atom. The molecule has 1 rings (SSSR count). The quantitative estimate of drug-likeness (QED) is 0.786. The minimum atomic E-state index is -0.271. The van der Waals surface area contributed by atoms with Crippen molar-refractivity contribution in [1.29, 1.82) is 0 Å². The Morgan fingerprint density at radius 1 is 1.50 bits per heavy atom. The van der Waals surface area contributed by atoms with E-state index in [0.717, 1.165) is 11.5 Å². The predicted octanol–water partition coefficient (Wildman–Crippen LogP) is 0.419. The molecule has 0 aliphatic carbocycles. The van der Waals surface area contributed by atoms with Crippen molar-refractivity contribution >= 4 is 23.2 Å². The van der Waals surface area contributed by atoms with Gasteiger partial charge in [-0.3, -0.25) is 9.59 Å². The Hall–Kier alpha value is -1.30. The lowest BCUT2D eigenvalue weighted by atomic mass is 10.3. The zero-order valence-electron chi connectivity index (χ0n) is 8.03. The maximum Gasteiger partial charge on any atom is 0.265 e. The minimum absolute atomic E-state index is 0.0554. The number of ketones is 1. The molecule has 0 radical (unpaired) electrons. The molecule has 0 atom stereocenters. The van der Waals surface area contributed by atoms with E-state index in [9.17, 15) is 9.59 Å². The minimum Gasteiger partial charge on any atom is -0.344 e. The fourth-order valence-electron chi connectivity index (χ4n) is 0.897. The molecule has 76 valence electrons. The van der Waals surface area contributed by atoms with Crippen molar-refractivity contribution in [2.24, 2.45) is 0 Å². The molecule has 0 saturated carbocycles. The second-order valence-electron chi connectivity index (χ2n) is 2.79. The standard InChI is InChI=1S/C8H11N3O2S/c1-3-6-7(14-11-10-6)8(13)9-4-5(2)12/h3-4H2,1-2H3,(H,9,13). The SMILES string of the molecule is CCc1nnsc1C(=O)NCC(C)=O. The van der Waals surface area contributed by atoms with Crippen LogP contribution in [0, 0.1) is 0 Å². The molecule has 0 aromatic carbocycles. The highest BCUT2D eigenvalue weighted by Crippen LogP contribution is 2.10. The lowest BCUT2D eigenvalue weighted by molar-refractivity contribution is -0.116. The van der Waals surface area contributed by atoms with E-state index < -0.39 is 0 Å². The highest BCUT2D eigenvalue weighted by Gasteiger charge is 2.14. The molecule has 1 aromatic rings. The number of nitrogens with zero attached hydrogens (tertiary/aromatic N) is 2. The van der Waals surface area contributed by atoms with Crippen LogP contribution in [-0.4, -0.2) is 27.8 Å². The van der Waals surface area contributed by atoms with Gasteiger partial charge in [0.25, 0.3) is 5.91 Å². The fourth-order valence-corrected chi connectivity index (χ4v) is 1.56. The summed E-state index contributed by atoms with van der Waals surface area (Å²) < 4.78 is 3.69. The Balaban J connectivity index is 2.64. The Labute approximate surface area is 85.7 Å². The number of carbonyl (C=O) groups is 2. The van der Waals surface area contributed by atoms with E-state index in [1.165, 1.54) is 6.92 Å². The average molecular weight is 213 g/mol. The van der Waals surface area contributed by atoms with Crippen molar-refractivity contribution < 1.29 is 9.59 Å². The molecule has 0 spiro atoms. The molecule has 14 heavy (non-hydrogen) atoms. The van der Waals surface area contributed by atoms with Gasteiger partial charge in [0, 0.05) is 0 Å². The lowest BCUT2D eigenvalue weighted by Crippen LogP contribution is -2.28. The third-order valence-electron chi connectivity index (χ3n) is 1.59. The number of Topliss-reactive ketones (excluding diaryl/α,β-unsaturated/α-hetero) is 1. The summed E-state index contributed by atoms with van der Waals surface area (Å²) in [6.07, 6.45) is 0.666. The van der Waals surface area contributed by atoms with Crippen LogP contribution in [0.15, 0.2) is 0 Å². The Bertz CT molecular complexity index is 348. The van der Waals surface area contributed by atoms with Crippen LogP contribution < -0.4 is 5.32 Å². The number of carbonyl (C=O) groups excluding carboxylic acids is 2. The summed E-state index contributed by atoms with van der Waals surface area (Å²) in [4.78, 5) is 22.6. The highest BCUT2D eigenvalue weighted by atomic mass is 32.1. The molecule has 1 N–H and O–H groups in total. The molecule has 0 unspecified atom stereocenters. The van der Waals surface area contributed by atoms with E-state index in [2.05, 4.69) is 14.9 Å². The molecule has 1 aromatic heterocycles. The van der Waals surface area contributed by atoms with Crippen molar-refractivity contribution in [3.05, 3.63) is 10.6 Å². The molecule has 1 heterocycles. The topological polar surface area (TPSA) is 72.0 Å². The number of rotatable bonds is 4. The van der Waals surface area contributed by atoms with Crippen molar-refractivity contribution in [2.45, 2.75) is 20.3 Å². The van der Waals surface area contributed by atoms with Crippen LogP contribution in [0.2, 0.25) is 0 Å². The smallest absolute Gasteiger partial charge is 0.265 e. The second-order valence-corrected chi connectivity index (χ2v) is 3.54. The number of aromatic nitrogens is 2. The number of hydrogen-bond acceptors (Lipinski definition) is 5. The molecule has 5 nitrogen and oxygen atoms in total. The summed E-state index contributed by atoms with van der Waals surface area (Å²) in [5.41, 5.74) is 0.677. The first-order chi connectivity index (χ1) is 6.65. The average Bonchev–Trinajstić information content (AvgIpc) is 2.61. The molecule has 0 aliphatic rings. The Morgan fingerprint density at radius 2 is 2.21 bits per heavy atom. The number of amides is 1. The summed E-state index contributed by atoms with van der Waals surface area (Å²) in [6.45, 7) is 3.38. The summed E-state index contributed by atoms with van der Waals surface area (Å²) in [7, 11) is 0. The third kappa shape index (κ3) is 2.59. The van der Waals surface area contributed by atoms with Crippen LogP contribution in [0.3, 0.4) is 0 Å². The van der Waals surface area contributed by atoms with Gasteiger partial charge in [0.2, 0.25) is 0 Å². The maximum absolute atomic E-state index is 11.5. The van der Waals surface area contributed by atoms with Gasteiger partial charge in [-0.1, -0.05) is 11.4 Å². The predicted molar refractivity (Wildman–Crippen MR) is 52.3 cm³/mol. The first-order valence-electron chi connectivity index (χ1n) is 4.24. The van der Waals surface area contributed by atoms with Crippen molar-refractivity contribution in [3.63, 3.8) is 0 Å². The van der Waals surface area contributed by atoms with Gasteiger partial charge >= 0.3 is 0 Å². The van der Waals surface area contributed by atoms with Crippen LogP contribution in [-0.2, 0) is 11.2 Å². The van der Waals surface area contributed by atoms with Crippen LogP contribution in [0.1, 0.15) is 29.2 Å². The monoisotopic (exact) mass is 213 g/mol. The fraction of sp³-hybridized carbons (Fsp3) is 0.500. The van der Waals surface area contributed by atoms with E-state index >= 15 is 0 Å². The van der Waals surface area contributed by atoms with Gasteiger partial charge in [0.15, 0.2) is 0 Å². The summed E-state index contributed by atoms with van der Waals surface area (Å²) >= 11 is 1.05. The first kappa shape index (κ1) is 10.8. The zero-order chi connectivity index (χ0) is 10.6. The van der Waals surface area contributed by atoms with Crippen LogP contribution in [0.5, 0.6) is 0 Å². The molecule has 0 aliphatic heterocycles. The normalized spacial score (nSPS) is 9.86. The molecular weight excluding hydrogens is 202 g/mol. The van der Waals surface area contributed by atoms with Gasteiger partial charge in [-0.15, -0.1) is 5.10 Å². The van der Waals surface area contributed by atoms with Crippen LogP contribution in [0.25, 0.3) is 0 Å². The molecule has 6 heteroatoms. The van der Waals surface area contributed by atoms with Crippen molar-refractivity contribution in [1.82, 2.24) is 14.9 Å². The van der Waals surface area contributed by atoms with Gasteiger partial charge < -0.3 is 5.32 Å². The van der Waals surface area contributed by atoms with E-state index in [1.54, 1.807) is 0 Å². The number of hydrogen-bond donors (Lipinski definition) is 1. The summed E-state index contributed by atoms with van der Waals surface area (Å²) in [6, 6.07) is 0. The Kier molecular flexibility index (Phi) is 3.70. The maximum atomic E-state index is 11.5. The van der Waals surface area contributed by atoms with Crippen LogP contribution >= 0.6 is 11.5 Å². The van der Waals surface area contributed by atoms with Gasteiger partial charge in [-0.2, -0.15) is 0 Å². The largest absolute Gasteiger partial charge is 0.344 e. The number of aryl methyl sites for hydroxylation is 1. The highest BCUT2D eigenvalue weighted by molar-refractivity contribution is 7.08. The van der Waals surface area contributed by atoms with E-state index in [1.807, 2.05) is 6.92 Å². The lowest BCUT2D eigenvalue weighted by Gasteiger charge is -2.00. The third-order valence-corrected chi connectivity index (χ3v) is 2.36. The number of nitrogens with one attached hydrogen (secondary N) is 1. The second kappa shape index (κ2) is 4.80. The first-order valence-corrected chi connectivity index (χ1v) is 5.01. The summed E-state index contributed by atoms with van der Waals surface area (Å²) in [5.74, 6) is -0.346. The molecule has 0 bridgehead atoms. The summed E-state index contributed by atoms with van der Waals surface area (Å²) in [5, 5.41) is 6.31. The molecule has 1 amide bonds. The molecule has 0 fully saturated rings. The van der Waals surface area contributed by atoms with E-state index in [-0.39, 0.29) is 18.2 Å². The van der Waals surface area contributed by atoms with E-state index in [0.29, 0.717) is 17.0 Å². The zero-order valence-corrected chi connectivity index (χ0v) is 8.85. The molecular formula is C8H11N3O2S. The van der Waals surface area contributed by atoms with Gasteiger partial charge in [-0.05, 0) is 24.9 Å². The van der Waals surface area contributed by atoms with Crippen LogP contribution in [0.4, 0.5) is 0 Å². The van der Waals surface area contributed by atoms with Gasteiger partial charge in [0.1, 0.15) is 10.7 Å². The van der Waals surface area contributed by atoms with Gasteiger partial charge in [-0.25, -0.2) is 0 Å². The van der Waals surface area contributed by atoms with Crippen molar-refractivity contribution in [2.75, 3.05) is 6.54 Å².